The molecule has 1 unspecified atom stereocenters. The first kappa shape index (κ1) is 26.6. The average Bonchev–Trinajstić information content (AvgIpc) is 2.99. The summed E-state index contributed by atoms with van der Waals surface area (Å²) in [7, 11) is 3.38. The van der Waals surface area contributed by atoms with Crippen molar-refractivity contribution in [1.82, 2.24) is 5.32 Å². The number of nitrogens with one attached hydrogen (secondary N) is 1. The number of rotatable bonds is 10. The van der Waals surface area contributed by atoms with Crippen LogP contribution < -0.4 is 24.3 Å². The number of hydrogen-bond donors (Lipinski definition) is 1. The van der Waals surface area contributed by atoms with Crippen LogP contribution >= 0.6 is 0 Å². The second-order valence-corrected chi connectivity index (χ2v) is 9.92. The van der Waals surface area contributed by atoms with E-state index < -0.39 is 0 Å². The Morgan fingerprint density at radius 3 is 2.41 bits per heavy atom. The van der Waals surface area contributed by atoms with Gasteiger partial charge in [-0.05, 0) is 83.8 Å². The van der Waals surface area contributed by atoms with E-state index in [0.717, 1.165) is 65.5 Å². The van der Waals surface area contributed by atoms with Gasteiger partial charge in [-0.3, -0.25) is 0 Å². The number of allylic oxidation sites excluding steroid dienone is 2. The summed E-state index contributed by atoms with van der Waals surface area (Å²) in [6.45, 7) is 4.03. The Morgan fingerprint density at radius 1 is 0.872 bits per heavy atom. The minimum absolute atomic E-state index is 0.0641. The van der Waals surface area contributed by atoms with Crippen LogP contribution in [0, 0.1) is 6.92 Å². The Labute approximate surface area is 231 Å². The largest absolute Gasteiger partial charge is 0.493 e. The van der Waals surface area contributed by atoms with Crippen LogP contribution in [0.4, 0.5) is 0 Å². The molecule has 1 atom stereocenters. The topological polar surface area (TPSA) is 49.0 Å². The molecule has 0 saturated heterocycles. The van der Waals surface area contributed by atoms with E-state index in [1.807, 2.05) is 24.3 Å². The fourth-order valence-corrected chi connectivity index (χ4v) is 5.04. The maximum Gasteiger partial charge on any atom is 0.162 e. The van der Waals surface area contributed by atoms with Crippen molar-refractivity contribution in [3.63, 3.8) is 0 Å². The molecular weight excluding hydrogens is 486 g/mol. The van der Waals surface area contributed by atoms with Gasteiger partial charge in [-0.25, -0.2) is 0 Å². The van der Waals surface area contributed by atoms with E-state index >= 15 is 0 Å². The number of fused-ring (bicyclic) bond motifs is 1. The van der Waals surface area contributed by atoms with Crippen LogP contribution in [0.3, 0.4) is 0 Å². The van der Waals surface area contributed by atoms with Gasteiger partial charge in [0.25, 0.3) is 0 Å². The second-order valence-electron chi connectivity index (χ2n) is 9.92. The molecule has 3 aromatic rings. The van der Waals surface area contributed by atoms with Crippen molar-refractivity contribution >= 4 is 6.08 Å². The zero-order valence-electron chi connectivity index (χ0n) is 23.0. The Kier molecular flexibility index (Phi) is 8.69. The van der Waals surface area contributed by atoms with Crippen LogP contribution in [0.1, 0.15) is 46.7 Å². The molecule has 0 radical (unpaired) electrons. The van der Waals surface area contributed by atoms with Crippen molar-refractivity contribution < 1.29 is 18.9 Å². The molecule has 5 rings (SSSR count). The van der Waals surface area contributed by atoms with Gasteiger partial charge in [0.05, 0.1) is 20.3 Å². The summed E-state index contributed by atoms with van der Waals surface area (Å²) in [5.41, 5.74) is 7.04. The van der Waals surface area contributed by atoms with Crippen LogP contribution in [-0.4, -0.2) is 27.4 Å². The highest BCUT2D eigenvalue weighted by atomic mass is 16.5. The molecular formula is C34H37NO4. The minimum atomic E-state index is 0.0641. The molecule has 2 aliphatic rings. The third-order valence-electron chi connectivity index (χ3n) is 7.24. The molecule has 39 heavy (non-hydrogen) atoms. The van der Waals surface area contributed by atoms with E-state index in [-0.39, 0.29) is 6.04 Å². The third kappa shape index (κ3) is 6.55. The molecule has 0 aromatic heterocycles. The monoisotopic (exact) mass is 523 g/mol. The van der Waals surface area contributed by atoms with Crippen molar-refractivity contribution in [2.75, 3.05) is 27.4 Å². The fourth-order valence-electron chi connectivity index (χ4n) is 5.04. The smallest absolute Gasteiger partial charge is 0.162 e. The Balaban J connectivity index is 1.35. The van der Waals surface area contributed by atoms with E-state index in [2.05, 4.69) is 73.0 Å². The van der Waals surface area contributed by atoms with Crippen molar-refractivity contribution in [1.29, 1.82) is 0 Å². The van der Waals surface area contributed by atoms with E-state index in [1.54, 1.807) is 14.2 Å². The van der Waals surface area contributed by atoms with Crippen molar-refractivity contribution in [2.24, 2.45) is 0 Å². The summed E-state index contributed by atoms with van der Waals surface area (Å²) in [6.07, 6.45) is 14.1. The van der Waals surface area contributed by atoms with E-state index in [1.165, 1.54) is 16.7 Å². The standard InChI is InChI=1S/C34H37NO4/c1-24-18-31(36-2)33(38-22-25-10-6-4-7-11-25)19-27(24)14-15-30-29-21-32(37-3)34(20-28(29)16-17-35-30)39-23-26-12-8-5-9-13-26/h5-6,8-15,18-21,30,35H,4,7,16-17,22-23H2,1-3H3/b15-14+. The maximum absolute atomic E-state index is 6.19. The predicted octanol–water partition coefficient (Wildman–Crippen LogP) is 7.15. The molecule has 1 aliphatic carbocycles. The number of benzene rings is 3. The lowest BCUT2D eigenvalue weighted by Gasteiger charge is -2.26. The van der Waals surface area contributed by atoms with Crippen LogP contribution in [0.15, 0.2) is 84.5 Å². The number of aryl methyl sites for hydroxylation is 1. The van der Waals surface area contributed by atoms with Gasteiger partial charge in [0, 0.05) is 6.54 Å². The number of ether oxygens (including phenoxy) is 4. The lowest BCUT2D eigenvalue weighted by molar-refractivity contribution is 0.283. The van der Waals surface area contributed by atoms with Gasteiger partial charge in [0.1, 0.15) is 13.2 Å². The first-order valence-electron chi connectivity index (χ1n) is 13.6. The first-order chi connectivity index (χ1) is 19.1. The Hall–Kier alpha value is -3.96. The molecule has 0 spiro atoms. The molecule has 3 aromatic carbocycles. The molecule has 5 nitrogen and oxygen atoms in total. The summed E-state index contributed by atoms with van der Waals surface area (Å²) in [5, 5.41) is 3.64. The lowest BCUT2D eigenvalue weighted by atomic mass is 9.92. The normalized spacial score (nSPS) is 16.5. The highest BCUT2D eigenvalue weighted by Crippen LogP contribution is 2.37. The Morgan fingerprint density at radius 2 is 1.64 bits per heavy atom. The zero-order chi connectivity index (χ0) is 27.0. The van der Waals surface area contributed by atoms with Gasteiger partial charge >= 0.3 is 0 Å². The van der Waals surface area contributed by atoms with Gasteiger partial charge in [-0.15, -0.1) is 0 Å². The molecule has 1 N–H and O–H groups in total. The zero-order valence-corrected chi connectivity index (χ0v) is 23.0. The first-order valence-corrected chi connectivity index (χ1v) is 13.6. The molecule has 1 heterocycles. The van der Waals surface area contributed by atoms with Gasteiger partial charge < -0.3 is 24.3 Å². The van der Waals surface area contributed by atoms with Gasteiger partial charge in [-0.1, -0.05) is 60.7 Å². The molecule has 1 aliphatic heterocycles. The summed E-state index contributed by atoms with van der Waals surface area (Å²) in [5.74, 6) is 3.02. The summed E-state index contributed by atoms with van der Waals surface area (Å²) >= 11 is 0. The average molecular weight is 524 g/mol. The van der Waals surface area contributed by atoms with E-state index in [4.69, 9.17) is 18.9 Å². The lowest BCUT2D eigenvalue weighted by Crippen LogP contribution is -2.28. The van der Waals surface area contributed by atoms with Crippen LogP contribution in [0.5, 0.6) is 23.0 Å². The predicted molar refractivity (Wildman–Crippen MR) is 157 cm³/mol. The highest BCUT2D eigenvalue weighted by Gasteiger charge is 2.21. The minimum Gasteiger partial charge on any atom is -0.493 e. The van der Waals surface area contributed by atoms with Gasteiger partial charge in [0.15, 0.2) is 23.0 Å². The molecule has 202 valence electrons. The van der Waals surface area contributed by atoms with Gasteiger partial charge in [0.2, 0.25) is 0 Å². The summed E-state index contributed by atoms with van der Waals surface area (Å²) in [4.78, 5) is 0. The summed E-state index contributed by atoms with van der Waals surface area (Å²) < 4.78 is 23.7. The maximum atomic E-state index is 6.19. The highest BCUT2D eigenvalue weighted by molar-refractivity contribution is 5.61. The Bertz CT molecular complexity index is 1370. The SMILES string of the molecule is COc1cc(C)c(/C=C/C2NCCc3cc(OCc4ccccc4)c(OC)cc32)cc1OCC1=CCCC=C1. The number of methoxy groups -OCH3 is 2. The molecule has 0 amide bonds. The van der Waals surface area contributed by atoms with Gasteiger partial charge in [-0.2, -0.15) is 0 Å². The van der Waals surface area contributed by atoms with Crippen LogP contribution in [0.2, 0.25) is 0 Å². The molecule has 0 fully saturated rings. The van der Waals surface area contributed by atoms with Crippen LogP contribution in [0.25, 0.3) is 6.08 Å². The molecule has 5 heteroatoms. The van der Waals surface area contributed by atoms with E-state index in [9.17, 15) is 0 Å². The molecule has 0 saturated carbocycles. The third-order valence-corrected chi connectivity index (χ3v) is 7.24. The van der Waals surface area contributed by atoms with Crippen molar-refractivity contribution in [2.45, 2.75) is 38.8 Å². The molecule has 0 bridgehead atoms. The second kappa shape index (κ2) is 12.7. The quantitative estimate of drug-likeness (QED) is 0.306. The fraction of sp³-hybridized carbons (Fsp3) is 0.294. The van der Waals surface area contributed by atoms with E-state index in [0.29, 0.717) is 13.2 Å². The summed E-state index contributed by atoms with van der Waals surface area (Å²) in [6, 6.07) is 18.6. The number of hydrogen-bond acceptors (Lipinski definition) is 5. The van der Waals surface area contributed by atoms with Crippen LogP contribution in [-0.2, 0) is 13.0 Å². The van der Waals surface area contributed by atoms with Crippen molar-refractivity contribution in [3.05, 3.63) is 112 Å². The van der Waals surface area contributed by atoms with Crippen molar-refractivity contribution in [3.8, 4) is 23.0 Å².